The second kappa shape index (κ2) is 13.3. The van der Waals surface area contributed by atoms with Gasteiger partial charge in [-0.05, 0) is 52.2 Å². The standard InChI is InChI=1S/C21H35ClO4/c1-16(13-19(23)14-22)11-12-20(24-6)18(3)10-8-9-17(2)15-26-21(4,5)25-7/h8-10,13,18,20H,11-12,14-15H2,1-7H3/b10-8+,16-13-,17-9+/t18-,20-/m0/s1. The molecule has 0 aliphatic heterocycles. The first-order valence-corrected chi connectivity index (χ1v) is 9.50. The van der Waals surface area contributed by atoms with Crippen molar-refractivity contribution in [3.63, 3.8) is 0 Å². The molecule has 0 aromatic rings. The molecule has 26 heavy (non-hydrogen) atoms. The van der Waals surface area contributed by atoms with Crippen molar-refractivity contribution in [3.8, 4) is 0 Å². The van der Waals surface area contributed by atoms with Gasteiger partial charge in [-0.25, -0.2) is 0 Å². The Morgan fingerprint density at radius 2 is 1.85 bits per heavy atom. The predicted octanol–water partition coefficient (Wildman–Crippen LogP) is 5.07. The first-order valence-electron chi connectivity index (χ1n) is 8.97. The molecule has 0 unspecified atom stereocenters. The number of allylic oxidation sites excluding steroid dienone is 4. The summed E-state index contributed by atoms with van der Waals surface area (Å²) in [4.78, 5) is 11.3. The third-order valence-electron chi connectivity index (χ3n) is 4.19. The third kappa shape index (κ3) is 11.6. The van der Waals surface area contributed by atoms with Crippen LogP contribution in [-0.2, 0) is 19.0 Å². The smallest absolute Gasteiger partial charge is 0.170 e. The fourth-order valence-electron chi connectivity index (χ4n) is 2.26. The highest BCUT2D eigenvalue weighted by atomic mass is 35.5. The minimum atomic E-state index is -0.580. The molecule has 0 aromatic carbocycles. The molecule has 5 heteroatoms. The van der Waals surface area contributed by atoms with E-state index >= 15 is 0 Å². The van der Waals surface area contributed by atoms with Gasteiger partial charge in [-0.15, -0.1) is 11.6 Å². The van der Waals surface area contributed by atoms with Crippen LogP contribution in [0.15, 0.2) is 35.5 Å². The van der Waals surface area contributed by atoms with E-state index in [0.29, 0.717) is 6.61 Å². The van der Waals surface area contributed by atoms with E-state index in [1.54, 1.807) is 20.3 Å². The molecule has 0 spiro atoms. The van der Waals surface area contributed by atoms with Gasteiger partial charge < -0.3 is 14.2 Å². The maximum atomic E-state index is 11.3. The van der Waals surface area contributed by atoms with E-state index < -0.39 is 5.79 Å². The van der Waals surface area contributed by atoms with Crippen LogP contribution in [0.2, 0.25) is 0 Å². The molecular formula is C21H35ClO4. The third-order valence-corrected chi connectivity index (χ3v) is 4.45. The average molecular weight is 387 g/mol. The van der Waals surface area contributed by atoms with Crippen LogP contribution < -0.4 is 0 Å². The van der Waals surface area contributed by atoms with Gasteiger partial charge in [0.15, 0.2) is 11.6 Å². The van der Waals surface area contributed by atoms with Crippen LogP contribution in [0.4, 0.5) is 0 Å². The fourth-order valence-corrected chi connectivity index (χ4v) is 2.34. The van der Waals surface area contributed by atoms with Gasteiger partial charge in [-0.1, -0.05) is 30.7 Å². The Bertz CT molecular complexity index is 506. The summed E-state index contributed by atoms with van der Waals surface area (Å²) in [5, 5.41) is 0. The van der Waals surface area contributed by atoms with Crippen molar-refractivity contribution >= 4 is 17.4 Å². The number of carbonyl (C=O) groups excluding carboxylic acids is 1. The van der Waals surface area contributed by atoms with Crippen molar-refractivity contribution in [2.75, 3.05) is 26.7 Å². The Kier molecular flexibility index (Phi) is 12.8. The van der Waals surface area contributed by atoms with Crippen LogP contribution >= 0.6 is 11.6 Å². The molecule has 0 saturated carbocycles. The first-order chi connectivity index (χ1) is 12.1. The Hall–Kier alpha value is -0.940. The summed E-state index contributed by atoms with van der Waals surface area (Å²) < 4.78 is 16.5. The Balaban J connectivity index is 4.53. The van der Waals surface area contributed by atoms with Crippen LogP contribution in [0.1, 0.15) is 47.5 Å². The normalized spacial score (nSPS) is 16.2. The summed E-state index contributed by atoms with van der Waals surface area (Å²) in [6.07, 6.45) is 9.59. The number of rotatable bonds is 13. The molecule has 0 heterocycles. The number of methoxy groups -OCH3 is 2. The zero-order valence-corrected chi connectivity index (χ0v) is 18.1. The van der Waals surface area contributed by atoms with Gasteiger partial charge in [0, 0.05) is 20.1 Å². The highest BCUT2D eigenvalue weighted by Gasteiger charge is 2.16. The van der Waals surface area contributed by atoms with Crippen molar-refractivity contribution in [3.05, 3.63) is 35.5 Å². The molecule has 0 aromatic heterocycles. The molecule has 0 bridgehead atoms. The van der Waals surface area contributed by atoms with Gasteiger partial charge in [0.1, 0.15) is 0 Å². The van der Waals surface area contributed by atoms with E-state index in [9.17, 15) is 4.79 Å². The number of ketones is 1. The number of alkyl halides is 1. The summed E-state index contributed by atoms with van der Waals surface area (Å²) in [6, 6.07) is 0. The van der Waals surface area contributed by atoms with Gasteiger partial charge >= 0.3 is 0 Å². The van der Waals surface area contributed by atoms with E-state index in [1.807, 2.05) is 39.8 Å². The quantitative estimate of drug-likeness (QED) is 0.192. The van der Waals surface area contributed by atoms with Gasteiger partial charge in [0.05, 0.1) is 18.6 Å². The Morgan fingerprint density at radius 3 is 2.38 bits per heavy atom. The molecule has 0 aliphatic carbocycles. The molecule has 0 amide bonds. The topological polar surface area (TPSA) is 44.8 Å². The van der Waals surface area contributed by atoms with Crippen LogP contribution in [0, 0.1) is 5.92 Å². The maximum absolute atomic E-state index is 11.3. The predicted molar refractivity (Wildman–Crippen MR) is 109 cm³/mol. The molecule has 150 valence electrons. The second-order valence-electron chi connectivity index (χ2n) is 7.05. The van der Waals surface area contributed by atoms with Crippen LogP contribution in [0.5, 0.6) is 0 Å². The lowest BCUT2D eigenvalue weighted by molar-refractivity contribution is -0.191. The number of hydrogen-bond acceptors (Lipinski definition) is 4. The molecule has 0 fully saturated rings. The number of hydrogen-bond donors (Lipinski definition) is 0. The van der Waals surface area contributed by atoms with Gasteiger partial charge in [0.2, 0.25) is 0 Å². The van der Waals surface area contributed by atoms with Gasteiger partial charge in [-0.3, -0.25) is 4.79 Å². The molecule has 0 aliphatic rings. The first kappa shape index (κ1) is 25.1. The van der Waals surface area contributed by atoms with E-state index in [2.05, 4.69) is 13.0 Å². The summed E-state index contributed by atoms with van der Waals surface area (Å²) in [7, 11) is 3.35. The highest BCUT2D eigenvalue weighted by Crippen LogP contribution is 2.18. The van der Waals surface area contributed by atoms with Crippen LogP contribution in [-0.4, -0.2) is 44.4 Å². The molecule has 4 nitrogen and oxygen atoms in total. The molecule has 0 saturated heterocycles. The lowest BCUT2D eigenvalue weighted by Gasteiger charge is -2.23. The Morgan fingerprint density at radius 1 is 1.19 bits per heavy atom. The van der Waals surface area contributed by atoms with Crippen molar-refractivity contribution in [2.24, 2.45) is 5.92 Å². The van der Waals surface area contributed by atoms with Crippen molar-refractivity contribution in [2.45, 2.75) is 59.4 Å². The molecule has 0 rings (SSSR count). The second-order valence-corrected chi connectivity index (χ2v) is 7.32. The van der Waals surface area contributed by atoms with Gasteiger partial charge in [-0.2, -0.15) is 0 Å². The number of carbonyl (C=O) groups is 1. The highest BCUT2D eigenvalue weighted by molar-refractivity contribution is 6.29. The van der Waals surface area contributed by atoms with Crippen LogP contribution in [0.25, 0.3) is 0 Å². The largest absolute Gasteiger partial charge is 0.381 e. The zero-order valence-electron chi connectivity index (χ0n) is 17.3. The van der Waals surface area contributed by atoms with E-state index in [-0.39, 0.29) is 23.7 Å². The van der Waals surface area contributed by atoms with Gasteiger partial charge in [0.25, 0.3) is 0 Å². The van der Waals surface area contributed by atoms with Crippen LogP contribution in [0.3, 0.4) is 0 Å². The monoisotopic (exact) mass is 386 g/mol. The van der Waals surface area contributed by atoms with Crippen molar-refractivity contribution in [1.82, 2.24) is 0 Å². The zero-order chi connectivity index (χ0) is 20.2. The lowest BCUT2D eigenvalue weighted by Crippen LogP contribution is -2.27. The van der Waals surface area contributed by atoms with E-state index in [1.165, 1.54) is 0 Å². The Labute approximate surface area is 164 Å². The van der Waals surface area contributed by atoms with Crippen molar-refractivity contribution < 1.29 is 19.0 Å². The minimum Gasteiger partial charge on any atom is -0.381 e. The summed E-state index contributed by atoms with van der Waals surface area (Å²) >= 11 is 5.53. The number of ether oxygens (including phenoxy) is 3. The summed E-state index contributed by atoms with van der Waals surface area (Å²) in [6.45, 7) is 10.4. The summed E-state index contributed by atoms with van der Waals surface area (Å²) in [5.41, 5.74) is 2.15. The molecule has 2 atom stereocenters. The lowest BCUT2D eigenvalue weighted by atomic mass is 9.97. The average Bonchev–Trinajstić information content (AvgIpc) is 2.60. The number of halogens is 1. The SMILES string of the molecule is CO[C@@H](CC/C(C)=C\C(=O)CCl)[C@@H](C)/C=C/C=C(\C)COC(C)(C)OC. The van der Waals surface area contributed by atoms with Crippen molar-refractivity contribution in [1.29, 1.82) is 0 Å². The maximum Gasteiger partial charge on any atom is 0.170 e. The van der Waals surface area contributed by atoms with E-state index in [0.717, 1.165) is 24.0 Å². The molecule has 0 N–H and O–H groups in total. The fraction of sp³-hybridized carbons (Fsp3) is 0.667. The summed E-state index contributed by atoms with van der Waals surface area (Å²) in [5.74, 6) is -0.340. The minimum absolute atomic E-state index is 0.0289. The van der Waals surface area contributed by atoms with E-state index in [4.69, 9.17) is 25.8 Å². The molecule has 0 radical (unpaired) electrons. The molecular weight excluding hydrogens is 352 g/mol.